The van der Waals surface area contributed by atoms with E-state index in [0.717, 1.165) is 33.9 Å². The van der Waals surface area contributed by atoms with Crippen LogP contribution in [0, 0.1) is 17.4 Å². The Hall–Kier alpha value is -2.05. The summed E-state index contributed by atoms with van der Waals surface area (Å²) in [7, 11) is 0. The first-order valence-corrected chi connectivity index (χ1v) is 9.67. The average molecular weight is 475 g/mol. The van der Waals surface area contributed by atoms with Crippen LogP contribution in [0.25, 0.3) is 17.3 Å². The summed E-state index contributed by atoms with van der Waals surface area (Å²) in [6, 6.07) is 16.0. The molecule has 2 heterocycles. The highest BCUT2D eigenvalue weighted by Crippen LogP contribution is 2.36. The van der Waals surface area contributed by atoms with E-state index >= 15 is 0 Å². The normalized spacial score (nSPS) is 14.6. The Labute approximate surface area is 170 Å². The molecule has 4 rings (SSSR count). The summed E-state index contributed by atoms with van der Waals surface area (Å²) in [5.74, 6) is -0.0960. The maximum atomic E-state index is 12.4. The van der Waals surface area contributed by atoms with Crippen molar-refractivity contribution in [3.63, 3.8) is 0 Å². The van der Waals surface area contributed by atoms with Crippen LogP contribution in [0.2, 0.25) is 5.02 Å². The summed E-state index contributed by atoms with van der Waals surface area (Å²) >= 11 is 8.42. The maximum absolute atomic E-state index is 12.4. The van der Waals surface area contributed by atoms with Crippen LogP contribution in [-0.2, 0) is 4.79 Å². The van der Waals surface area contributed by atoms with Crippen LogP contribution < -0.4 is 5.32 Å². The van der Waals surface area contributed by atoms with Crippen LogP contribution in [0.15, 0.2) is 48.5 Å². The first-order valence-electron chi connectivity index (χ1n) is 8.22. The highest BCUT2D eigenvalue weighted by molar-refractivity contribution is 14.1. The van der Waals surface area contributed by atoms with Gasteiger partial charge in [0.2, 0.25) is 0 Å². The molecule has 1 aliphatic rings. The van der Waals surface area contributed by atoms with E-state index in [4.69, 9.17) is 11.6 Å². The predicted octanol–water partition coefficient (Wildman–Crippen LogP) is 5.84. The lowest BCUT2D eigenvalue weighted by molar-refractivity contribution is -0.110. The number of aromatic nitrogens is 1. The van der Waals surface area contributed by atoms with E-state index in [1.54, 1.807) is 6.07 Å². The summed E-state index contributed by atoms with van der Waals surface area (Å²) in [6.07, 6.45) is 1.95. The average Bonchev–Trinajstić information content (AvgIpc) is 3.06. The Morgan fingerprint density at radius 2 is 1.81 bits per heavy atom. The standard InChI is InChI=1S/C21H16ClIN2O/c1-12-9-14(13(2)25(12)17-6-4-16(23)5-7-17)10-19-18-11-15(22)3-8-20(18)24-21(19)26/h3-11H,1-2H3,(H,24,26). The smallest absolute Gasteiger partial charge is 0.256 e. The second kappa shape index (κ2) is 6.59. The summed E-state index contributed by atoms with van der Waals surface area (Å²) in [5, 5.41) is 3.52. The molecule has 1 N–H and O–H groups in total. The first-order chi connectivity index (χ1) is 12.4. The Morgan fingerprint density at radius 3 is 2.54 bits per heavy atom. The summed E-state index contributed by atoms with van der Waals surface area (Å²) in [6.45, 7) is 4.15. The zero-order valence-corrected chi connectivity index (χ0v) is 17.2. The minimum absolute atomic E-state index is 0.0960. The molecule has 3 nitrogen and oxygen atoms in total. The van der Waals surface area contributed by atoms with Crippen molar-refractivity contribution in [2.24, 2.45) is 0 Å². The topological polar surface area (TPSA) is 34.0 Å². The highest BCUT2D eigenvalue weighted by Gasteiger charge is 2.25. The molecule has 0 radical (unpaired) electrons. The number of nitrogens with one attached hydrogen (secondary N) is 1. The molecule has 0 spiro atoms. The fraction of sp³-hybridized carbons (Fsp3) is 0.0952. The molecule has 0 aliphatic carbocycles. The van der Waals surface area contributed by atoms with Gasteiger partial charge in [0.25, 0.3) is 5.91 Å². The van der Waals surface area contributed by atoms with Gasteiger partial charge >= 0.3 is 0 Å². The molecule has 0 bridgehead atoms. The molecular formula is C21H16ClIN2O. The highest BCUT2D eigenvalue weighted by atomic mass is 127. The van der Waals surface area contributed by atoms with Crippen LogP contribution in [0.4, 0.5) is 5.69 Å². The first kappa shape index (κ1) is 17.4. The van der Waals surface area contributed by atoms with Gasteiger partial charge in [-0.2, -0.15) is 0 Å². The number of anilines is 1. The van der Waals surface area contributed by atoms with Crippen LogP contribution in [0.1, 0.15) is 22.5 Å². The van der Waals surface area contributed by atoms with Crippen LogP contribution in [-0.4, -0.2) is 10.5 Å². The van der Waals surface area contributed by atoms with Crippen molar-refractivity contribution in [2.45, 2.75) is 13.8 Å². The number of carbonyl (C=O) groups excluding carboxylic acids is 1. The van der Waals surface area contributed by atoms with Crippen molar-refractivity contribution < 1.29 is 4.79 Å². The van der Waals surface area contributed by atoms with Gasteiger partial charge in [-0.15, -0.1) is 0 Å². The number of aryl methyl sites for hydroxylation is 1. The van der Waals surface area contributed by atoms with Gasteiger partial charge in [0.1, 0.15) is 0 Å². The molecule has 3 aromatic rings. The Kier molecular flexibility index (Phi) is 4.40. The Morgan fingerprint density at radius 1 is 1.08 bits per heavy atom. The van der Waals surface area contributed by atoms with E-state index in [9.17, 15) is 4.79 Å². The van der Waals surface area contributed by atoms with Crippen molar-refractivity contribution in [1.82, 2.24) is 4.57 Å². The zero-order valence-electron chi connectivity index (χ0n) is 14.3. The minimum Gasteiger partial charge on any atom is -0.321 e. The van der Waals surface area contributed by atoms with Gasteiger partial charge in [-0.1, -0.05) is 11.6 Å². The third-order valence-corrected chi connectivity index (χ3v) is 5.57. The van der Waals surface area contributed by atoms with E-state index < -0.39 is 0 Å². The third-order valence-electron chi connectivity index (χ3n) is 4.62. The van der Waals surface area contributed by atoms with E-state index in [2.05, 4.69) is 76.7 Å². The number of halogens is 2. The number of rotatable bonds is 2. The lowest BCUT2D eigenvalue weighted by atomic mass is 10.0. The van der Waals surface area contributed by atoms with Crippen molar-refractivity contribution in [2.75, 3.05) is 5.32 Å². The fourth-order valence-electron chi connectivity index (χ4n) is 3.38. The van der Waals surface area contributed by atoms with E-state index in [-0.39, 0.29) is 5.91 Å². The van der Waals surface area contributed by atoms with Crippen molar-refractivity contribution in [1.29, 1.82) is 0 Å². The van der Waals surface area contributed by atoms with E-state index in [1.807, 2.05) is 18.2 Å². The molecule has 0 saturated heterocycles. The van der Waals surface area contributed by atoms with Gasteiger partial charge in [0.05, 0.1) is 0 Å². The molecule has 5 heteroatoms. The number of hydrogen-bond acceptors (Lipinski definition) is 1. The molecule has 130 valence electrons. The third kappa shape index (κ3) is 2.97. The van der Waals surface area contributed by atoms with Gasteiger partial charge in [-0.3, -0.25) is 4.79 Å². The summed E-state index contributed by atoms with van der Waals surface area (Å²) in [4.78, 5) is 12.4. The molecule has 0 fully saturated rings. The van der Waals surface area contributed by atoms with Gasteiger partial charge in [-0.05, 0) is 96.6 Å². The SMILES string of the molecule is Cc1cc(C=C2C(=O)Nc3ccc(Cl)cc32)c(C)n1-c1ccc(I)cc1. The number of benzene rings is 2. The van der Waals surface area contributed by atoms with Crippen LogP contribution >= 0.6 is 34.2 Å². The quantitative estimate of drug-likeness (QED) is 0.367. The lowest BCUT2D eigenvalue weighted by Gasteiger charge is -2.09. The Balaban J connectivity index is 1.82. The molecular weight excluding hydrogens is 459 g/mol. The predicted molar refractivity (Wildman–Crippen MR) is 116 cm³/mol. The number of carbonyl (C=O) groups is 1. The molecule has 2 aromatic carbocycles. The van der Waals surface area contributed by atoms with Crippen molar-refractivity contribution in [3.05, 3.63) is 79.6 Å². The number of fused-ring (bicyclic) bond motifs is 1. The number of nitrogens with zero attached hydrogens (tertiary/aromatic N) is 1. The molecule has 0 saturated carbocycles. The summed E-state index contributed by atoms with van der Waals surface area (Å²) < 4.78 is 3.40. The van der Waals surface area contributed by atoms with Crippen molar-refractivity contribution in [3.8, 4) is 5.69 Å². The van der Waals surface area contributed by atoms with Gasteiger partial charge in [-0.25, -0.2) is 0 Å². The van der Waals surface area contributed by atoms with E-state index in [1.165, 1.54) is 3.57 Å². The molecule has 1 aromatic heterocycles. The minimum atomic E-state index is -0.0960. The van der Waals surface area contributed by atoms with E-state index in [0.29, 0.717) is 10.6 Å². The van der Waals surface area contributed by atoms with Gasteiger partial charge in [0, 0.05) is 42.5 Å². The van der Waals surface area contributed by atoms with Gasteiger partial charge in [0.15, 0.2) is 0 Å². The molecule has 0 unspecified atom stereocenters. The second-order valence-electron chi connectivity index (χ2n) is 6.34. The number of amides is 1. The maximum Gasteiger partial charge on any atom is 0.256 e. The molecule has 1 amide bonds. The number of hydrogen-bond donors (Lipinski definition) is 1. The monoisotopic (exact) mass is 474 g/mol. The van der Waals surface area contributed by atoms with Gasteiger partial charge < -0.3 is 9.88 Å². The molecule has 26 heavy (non-hydrogen) atoms. The molecule has 0 atom stereocenters. The summed E-state index contributed by atoms with van der Waals surface area (Å²) in [5.41, 5.74) is 6.66. The second-order valence-corrected chi connectivity index (χ2v) is 8.02. The van der Waals surface area contributed by atoms with Crippen LogP contribution in [0.3, 0.4) is 0 Å². The lowest BCUT2D eigenvalue weighted by Crippen LogP contribution is -2.03. The zero-order chi connectivity index (χ0) is 18.4. The Bertz CT molecular complexity index is 1060. The van der Waals surface area contributed by atoms with Crippen LogP contribution in [0.5, 0.6) is 0 Å². The largest absolute Gasteiger partial charge is 0.321 e. The fourth-order valence-corrected chi connectivity index (χ4v) is 3.91. The molecule has 1 aliphatic heterocycles. The van der Waals surface area contributed by atoms with Crippen molar-refractivity contribution >= 4 is 57.4 Å².